The van der Waals surface area contributed by atoms with Gasteiger partial charge in [-0.25, -0.2) is 0 Å². The number of hydrogen-bond donors (Lipinski definition) is 2. The van der Waals surface area contributed by atoms with Crippen LogP contribution in [0.4, 0.5) is 0 Å². The summed E-state index contributed by atoms with van der Waals surface area (Å²) >= 11 is 3.59. The second kappa shape index (κ2) is 8.88. The van der Waals surface area contributed by atoms with E-state index in [0.29, 0.717) is 24.3 Å². The molecule has 1 heterocycles. The number of phenols is 1. The molecule has 5 heteroatoms. The van der Waals surface area contributed by atoms with Crippen LogP contribution >= 0.6 is 23.5 Å². The Morgan fingerprint density at radius 1 is 1.28 bits per heavy atom. The van der Waals surface area contributed by atoms with Crippen LogP contribution in [0.3, 0.4) is 0 Å². The number of benzene rings is 2. The molecule has 2 atom stereocenters. The Morgan fingerprint density at radius 3 is 2.96 bits per heavy atom. The molecule has 2 N–H and O–H groups in total. The van der Waals surface area contributed by atoms with Gasteiger partial charge in [0.25, 0.3) is 0 Å². The Labute approximate surface area is 158 Å². The van der Waals surface area contributed by atoms with Crippen molar-refractivity contribution in [2.45, 2.75) is 29.7 Å². The lowest BCUT2D eigenvalue weighted by Gasteiger charge is -2.19. The molecule has 1 aliphatic heterocycles. The SMILES string of the molecule is Cc1cccc(O)c1SCC(C)CNC1COc2ccccc2SC1. The van der Waals surface area contributed by atoms with Gasteiger partial charge in [0.1, 0.15) is 18.1 Å². The zero-order chi connectivity index (χ0) is 17.6. The van der Waals surface area contributed by atoms with E-state index in [2.05, 4.69) is 24.4 Å². The minimum absolute atomic E-state index is 0.358. The molecular formula is C20H25NO2S2. The number of aryl methyl sites for hydroxylation is 1. The summed E-state index contributed by atoms with van der Waals surface area (Å²) in [6, 6.07) is 14.3. The monoisotopic (exact) mass is 375 g/mol. The van der Waals surface area contributed by atoms with Gasteiger partial charge in [-0.1, -0.05) is 31.2 Å². The molecule has 0 spiro atoms. The zero-order valence-electron chi connectivity index (χ0n) is 14.7. The van der Waals surface area contributed by atoms with E-state index >= 15 is 0 Å². The van der Waals surface area contributed by atoms with Gasteiger partial charge in [0.15, 0.2) is 0 Å². The van der Waals surface area contributed by atoms with Crippen molar-refractivity contribution in [1.82, 2.24) is 5.32 Å². The van der Waals surface area contributed by atoms with Crippen LogP contribution in [0.1, 0.15) is 12.5 Å². The fraction of sp³-hybridized carbons (Fsp3) is 0.400. The summed E-state index contributed by atoms with van der Waals surface area (Å²) in [5.74, 6) is 3.90. The molecule has 25 heavy (non-hydrogen) atoms. The van der Waals surface area contributed by atoms with Crippen molar-refractivity contribution >= 4 is 23.5 Å². The maximum Gasteiger partial charge on any atom is 0.132 e. The Balaban J connectivity index is 1.44. The zero-order valence-corrected chi connectivity index (χ0v) is 16.3. The third kappa shape index (κ3) is 5.09. The molecule has 0 aliphatic carbocycles. The van der Waals surface area contributed by atoms with Crippen LogP contribution in [0.2, 0.25) is 0 Å². The van der Waals surface area contributed by atoms with E-state index < -0.39 is 0 Å². The van der Waals surface area contributed by atoms with Crippen molar-refractivity contribution in [3.63, 3.8) is 0 Å². The molecule has 2 unspecified atom stereocenters. The first-order chi connectivity index (χ1) is 12.1. The first-order valence-electron chi connectivity index (χ1n) is 8.63. The van der Waals surface area contributed by atoms with E-state index in [1.165, 1.54) is 4.90 Å². The van der Waals surface area contributed by atoms with Crippen LogP contribution in [0, 0.1) is 12.8 Å². The van der Waals surface area contributed by atoms with Gasteiger partial charge < -0.3 is 15.2 Å². The number of rotatable bonds is 6. The minimum Gasteiger partial charge on any atom is -0.507 e. The number of hydrogen-bond acceptors (Lipinski definition) is 5. The second-order valence-corrected chi connectivity index (χ2v) is 8.61. The molecule has 0 radical (unpaired) electrons. The van der Waals surface area contributed by atoms with Crippen molar-refractivity contribution in [2.24, 2.45) is 5.92 Å². The molecule has 134 valence electrons. The van der Waals surface area contributed by atoms with Crippen LogP contribution in [0.15, 0.2) is 52.3 Å². The minimum atomic E-state index is 0.358. The third-order valence-corrected chi connectivity index (χ3v) is 6.96. The Kier molecular flexibility index (Phi) is 6.57. The van der Waals surface area contributed by atoms with E-state index in [9.17, 15) is 5.11 Å². The molecule has 0 aromatic heterocycles. The van der Waals surface area contributed by atoms with Crippen molar-refractivity contribution < 1.29 is 9.84 Å². The molecule has 3 rings (SSSR count). The number of fused-ring (bicyclic) bond motifs is 1. The summed E-state index contributed by atoms with van der Waals surface area (Å²) in [5.41, 5.74) is 1.14. The lowest BCUT2D eigenvalue weighted by molar-refractivity contribution is 0.270. The molecule has 0 amide bonds. The Bertz CT molecular complexity index is 661. The lowest BCUT2D eigenvalue weighted by Crippen LogP contribution is -2.39. The molecule has 1 aliphatic rings. The molecule has 0 bridgehead atoms. The number of nitrogens with one attached hydrogen (secondary N) is 1. The standard InChI is InChI=1S/C20H25NO2S2/c1-14(12-25-20-15(2)6-5-7-17(20)22)10-21-16-11-23-18-8-3-4-9-19(18)24-13-16/h3-9,14,16,21-22H,10-13H2,1-2H3. The third-order valence-electron chi connectivity index (χ3n) is 4.19. The number of phenolic OH excluding ortho intramolecular Hbond substituents is 1. The van der Waals surface area contributed by atoms with Crippen LogP contribution in [0.5, 0.6) is 11.5 Å². The van der Waals surface area contributed by atoms with E-state index in [-0.39, 0.29) is 0 Å². The van der Waals surface area contributed by atoms with Crippen LogP contribution < -0.4 is 10.1 Å². The smallest absolute Gasteiger partial charge is 0.132 e. The van der Waals surface area contributed by atoms with E-state index in [1.807, 2.05) is 43.0 Å². The first kappa shape index (κ1) is 18.5. The topological polar surface area (TPSA) is 41.5 Å². The maximum atomic E-state index is 10.00. The molecule has 2 aromatic rings. The van der Waals surface area contributed by atoms with Gasteiger partial charge in [-0.05, 0) is 43.1 Å². The lowest BCUT2D eigenvalue weighted by atomic mass is 10.2. The quantitative estimate of drug-likeness (QED) is 0.724. The van der Waals surface area contributed by atoms with Gasteiger partial charge in [0.05, 0.1) is 10.9 Å². The average molecular weight is 376 g/mol. The van der Waals surface area contributed by atoms with Gasteiger partial charge in [0.2, 0.25) is 0 Å². The van der Waals surface area contributed by atoms with Gasteiger partial charge >= 0.3 is 0 Å². The van der Waals surface area contributed by atoms with Crippen LogP contribution in [0.25, 0.3) is 0 Å². The van der Waals surface area contributed by atoms with Gasteiger partial charge in [0, 0.05) is 16.4 Å². The van der Waals surface area contributed by atoms with Gasteiger partial charge in [-0.3, -0.25) is 0 Å². The highest BCUT2D eigenvalue weighted by Gasteiger charge is 2.18. The highest BCUT2D eigenvalue weighted by molar-refractivity contribution is 7.99. The van der Waals surface area contributed by atoms with E-state index in [0.717, 1.165) is 34.3 Å². The summed E-state index contributed by atoms with van der Waals surface area (Å²) < 4.78 is 5.93. The summed E-state index contributed by atoms with van der Waals surface area (Å²) in [6.45, 7) is 5.95. The van der Waals surface area contributed by atoms with Crippen LogP contribution in [-0.2, 0) is 0 Å². The highest BCUT2D eigenvalue weighted by Crippen LogP contribution is 2.33. The van der Waals surface area contributed by atoms with Crippen molar-refractivity contribution in [3.8, 4) is 11.5 Å². The predicted molar refractivity (Wildman–Crippen MR) is 107 cm³/mol. The van der Waals surface area contributed by atoms with Gasteiger partial charge in [-0.15, -0.1) is 23.5 Å². The van der Waals surface area contributed by atoms with E-state index in [1.54, 1.807) is 17.8 Å². The molecular weight excluding hydrogens is 350 g/mol. The second-order valence-electron chi connectivity index (χ2n) is 6.51. The number of aromatic hydroxyl groups is 1. The summed E-state index contributed by atoms with van der Waals surface area (Å²) in [4.78, 5) is 2.23. The van der Waals surface area contributed by atoms with Crippen molar-refractivity contribution in [1.29, 1.82) is 0 Å². The molecule has 0 saturated carbocycles. The van der Waals surface area contributed by atoms with Gasteiger partial charge in [-0.2, -0.15) is 0 Å². The maximum absolute atomic E-state index is 10.00. The fourth-order valence-electron chi connectivity index (χ4n) is 2.71. The summed E-state index contributed by atoms with van der Waals surface area (Å²) in [6.07, 6.45) is 0. The normalized spacial score (nSPS) is 18.1. The van der Waals surface area contributed by atoms with E-state index in [4.69, 9.17) is 4.74 Å². The van der Waals surface area contributed by atoms with Crippen LogP contribution in [-0.4, -0.2) is 35.8 Å². The number of para-hydroxylation sites is 1. The molecule has 3 nitrogen and oxygen atoms in total. The Morgan fingerprint density at radius 2 is 2.12 bits per heavy atom. The largest absolute Gasteiger partial charge is 0.507 e. The van der Waals surface area contributed by atoms with Crippen molar-refractivity contribution in [3.05, 3.63) is 48.0 Å². The number of ether oxygens (including phenoxy) is 1. The molecule has 2 aromatic carbocycles. The van der Waals surface area contributed by atoms with Crippen molar-refractivity contribution in [2.75, 3.05) is 24.7 Å². The summed E-state index contributed by atoms with van der Waals surface area (Å²) in [5, 5.41) is 13.6. The molecule has 0 saturated heterocycles. The Hall–Kier alpha value is -1.30. The first-order valence-corrected chi connectivity index (χ1v) is 10.6. The number of thioether (sulfide) groups is 2. The molecule has 0 fully saturated rings. The summed E-state index contributed by atoms with van der Waals surface area (Å²) in [7, 11) is 0. The highest BCUT2D eigenvalue weighted by atomic mass is 32.2. The fourth-order valence-corrected chi connectivity index (χ4v) is 4.83. The average Bonchev–Trinajstić information content (AvgIpc) is 2.82. The predicted octanol–water partition coefficient (Wildman–Crippen LogP) is 4.57.